The van der Waals surface area contributed by atoms with E-state index >= 15 is 0 Å². The molecule has 130 valence electrons. The number of benzene rings is 1. The molecule has 1 fully saturated rings. The molecule has 1 aromatic carbocycles. The summed E-state index contributed by atoms with van der Waals surface area (Å²) in [6, 6.07) is 7.25. The fourth-order valence-corrected chi connectivity index (χ4v) is 3.65. The molecular weight excluding hydrogens is 316 g/mol. The van der Waals surface area contributed by atoms with Crippen molar-refractivity contribution in [3.63, 3.8) is 0 Å². The molecule has 1 aliphatic heterocycles. The van der Waals surface area contributed by atoms with Crippen molar-refractivity contribution in [3.8, 4) is 5.75 Å². The van der Waals surface area contributed by atoms with Gasteiger partial charge in [-0.15, -0.1) is 0 Å². The van der Waals surface area contributed by atoms with Crippen LogP contribution in [0.25, 0.3) is 0 Å². The van der Waals surface area contributed by atoms with Crippen molar-refractivity contribution in [2.75, 3.05) is 38.1 Å². The number of ketones is 1. The number of anilines is 1. The summed E-state index contributed by atoms with van der Waals surface area (Å²) in [5, 5.41) is 10.1. The van der Waals surface area contributed by atoms with Crippen LogP contribution in [0.4, 0.5) is 5.95 Å². The molecular formula is C19H22N4O2. The second-order valence-corrected chi connectivity index (χ2v) is 6.91. The molecule has 0 radical (unpaired) electrons. The number of rotatable bonds is 2. The number of nitrogens with zero attached hydrogens (tertiary/aromatic N) is 4. The molecule has 0 bridgehead atoms. The third-order valence-electron chi connectivity index (χ3n) is 5.19. The lowest BCUT2D eigenvalue weighted by atomic mass is 9.82. The maximum absolute atomic E-state index is 12.5. The van der Waals surface area contributed by atoms with Crippen LogP contribution in [-0.2, 0) is 6.42 Å². The Bertz CT molecular complexity index is 800. The molecule has 1 saturated heterocycles. The van der Waals surface area contributed by atoms with Crippen LogP contribution in [0.5, 0.6) is 5.75 Å². The zero-order valence-electron chi connectivity index (χ0n) is 14.4. The van der Waals surface area contributed by atoms with Gasteiger partial charge in [0.05, 0.1) is 11.3 Å². The van der Waals surface area contributed by atoms with Gasteiger partial charge in [-0.05, 0) is 25.1 Å². The SMILES string of the molecule is CN1CCN(c2ncc3c(n2)C[C@H](c2ccccc2O)CC3=O)CC1. The fraction of sp³-hybridized carbons (Fsp3) is 0.421. The Labute approximate surface area is 147 Å². The highest BCUT2D eigenvalue weighted by atomic mass is 16.3. The molecule has 2 aromatic rings. The molecule has 4 rings (SSSR count). The summed E-state index contributed by atoms with van der Waals surface area (Å²) in [4.78, 5) is 26.1. The van der Waals surface area contributed by atoms with Crippen LogP contribution in [0.1, 0.15) is 34.0 Å². The summed E-state index contributed by atoms with van der Waals surface area (Å²) in [6.07, 6.45) is 2.73. The molecule has 6 nitrogen and oxygen atoms in total. The van der Waals surface area contributed by atoms with E-state index in [9.17, 15) is 9.90 Å². The minimum absolute atomic E-state index is 0.0311. The second-order valence-electron chi connectivity index (χ2n) is 6.91. The lowest BCUT2D eigenvalue weighted by molar-refractivity contribution is 0.0962. The largest absolute Gasteiger partial charge is 0.508 e. The molecule has 2 aliphatic rings. The topological polar surface area (TPSA) is 69.6 Å². The highest BCUT2D eigenvalue weighted by Crippen LogP contribution is 2.36. The molecule has 0 saturated carbocycles. The van der Waals surface area contributed by atoms with Crippen molar-refractivity contribution in [2.24, 2.45) is 0 Å². The van der Waals surface area contributed by atoms with Crippen LogP contribution in [0.2, 0.25) is 0 Å². The zero-order chi connectivity index (χ0) is 17.4. The van der Waals surface area contributed by atoms with E-state index in [0.717, 1.165) is 37.4 Å². The van der Waals surface area contributed by atoms with Gasteiger partial charge in [0, 0.05) is 44.7 Å². The summed E-state index contributed by atoms with van der Waals surface area (Å²) >= 11 is 0. The highest BCUT2D eigenvalue weighted by Gasteiger charge is 2.30. The Morgan fingerprint density at radius 1 is 1.12 bits per heavy atom. The van der Waals surface area contributed by atoms with Gasteiger partial charge in [0.1, 0.15) is 5.75 Å². The number of hydrogen-bond acceptors (Lipinski definition) is 6. The summed E-state index contributed by atoms with van der Waals surface area (Å²) in [7, 11) is 2.11. The molecule has 1 aromatic heterocycles. The monoisotopic (exact) mass is 338 g/mol. The molecule has 25 heavy (non-hydrogen) atoms. The van der Waals surface area contributed by atoms with Crippen LogP contribution in [0.3, 0.4) is 0 Å². The smallest absolute Gasteiger partial charge is 0.225 e. The molecule has 0 unspecified atom stereocenters. The third kappa shape index (κ3) is 3.09. The molecule has 1 aliphatic carbocycles. The molecule has 2 heterocycles. The van der Waals surface area contributed by atoms with Gasteiger partial charge in [-0.2, -0.15) is 0 Å². The number of fused-ring (bicyclic) bond motifs is 1. The van der Waals surface area contributed by atoms with Crippen LogP contribution < -0.4 is 4.90 Å². The van der Waals surface area contributed by atoms with Gasteiger partial charge < -0.3 is 14.9 Å². The first-order chi connectivity index (χ1) is 12.1. The number of phenols is 1. The maximum Gasteiger partial charge on any atom is 0.225 e. The predicted octanol–water partition coefficient (Wildman–Crippen LogP) is 1.85. The Hall–Kier alpha value is -2.47. The number of aromatic hydroxyl groups is 1. The third-order valence-corrected chi connectivity index (χ3v) is 5.19. The highest BCUT2D eigenvalue weighted by molar-refractivity contribution is 5.98. The minimum atomic E-state index is -0.0311. The molecule has 1 atom stereocenters. The quantitative estimate of drug-likeness (QED) is 0.901. The van der Waals surface area contributed by atoms with Gasteiger partial charge in [-0.1, -0.05) is 18.2 Å². The number of aromatic nitrogens is 2. The molecule has 0 spiro atoms. The normalized spacial score (nSPS) is 21.2. The standard InChI is InChI=1S/C19H22N4O2/c1-22-6-8-23(9-7-22)19-20-12-15-16(21-19)10-13(11-18(15)25)14-4-2-3-5-17(14)24/h2-5,12-13,24H,6-11H2,1H3/t13-/m0/s1. The number of carbonyl (C=O) groups is 1. The number of Topliss-reactive ketones (excluding diaryl/α,β-unsaturated/α-hetero) is 1. The van der Waals surface area contributed by atoms with Gasteiger partial charge in [0.25, 0.3) is 0 Å². The molecule has 6 heteroatoms. The van der Waals surface area contributed by atoms with Crippen LogP contribution in [0.15, 0.2) is 30.5 Å². The number of piperazine rings is 1. The fourth-order valence-electron chi connectivity index (χ4n) is 3.65. The number of likely N-dealkylation sites (N-methyl/N-ethyl adjacent to an activating group) is 1. The van der Waals surface area contributed by atoms with Crippen molar-refractivity contribution >= 4 is 11.7 Å². The van der Waals surface area contributed by atoms with Crippen molar-refractivity contribution in [1.82, 2.24) is 14.9 Å². The Morgan fingerprint density at radius 3 is 2.64 bits per heavy atom. The van der Waals surface area contributed by atoms with Crippen LogP contribution >= 0.6 is 0 Å². The van der Waals surface area contributed by atoms with Gasteiger partial charge >= 0.3 is 0 Å². The van der Waals surface area contributed by atoms with E-state index in [4.69, 9.17) is 4.98 Å². The van der Waals surface area contributed by atoms with Crippen molar-refractivity contribution < 1.29 is 9.90 Å². The lowest BCUT2D eigenvalue weighted by Gasteiger charge is -2.33. The second kappa shape index (κ2) is 6.44. The van der Waals surface area contributed by atoms with Crippen molar-refractivity contribution in [2.45, 2.75) is 18.8 Å². The Morgan fingerprint density at radius 2 is 1.88 bits per heavy atom. The first kappa shape index (κ1) is 16.0. The van der Waals surface area contributed by atoms with Crippen molar-refractivity contribution in [1.29, 1.82) is 0 Å². The van der Waals surface area contributed by atoms with E-state index in [2.05, 4.69) is 21.8 Å². The van der Waals surface area contributed by atoms with Gasteiger partial charge in [0.15, 0.2) is 5.78 Å². The average Bonchev–Trinajstić information content (AvgIpc) is 2.62. The summed E-state index contributed by atoms with van der Waals surface area (Å²) in [6.45, 7) is 3.76. The van der Waals surface area contributed by atoms with Gasteiger partial charge in [-0.25, -0.2) is 9.97 Å². The number of phenolic OH excluding ortho intramolecular Hbond substituents is 1. The zero-order valence-corrected chi connectivity index (χ0v) is 14.4. The van der Waals surface area contributed by atoms with Crippen LogP contribution in [0, 0.1) is 0 Å². The summed E-state index contributed by atoms with van der Waals surface area (Å²) in [5.41, 5.74) is 2.25. The predicted molar refractivity (Wildman–Crippen MR) is 95.2 cm³/mol. The van der Waals surface area contributed by atoms with Gasteiger partial charge in [-0.3, -0.25) is 4.79 Å². The first-order valence-electron chi connectivity index (χ1n) is 8.72. The van der Waals surface area contributed by atoms with Crippen molar-refractivity contribution in [3.05, 3.63) is 47.3 Å². The molecule has 0 amide bonds. The van der Waals surface area contributed by atoms with E-state index in [1.165, 1.54) is 0 Å². The summed E-state index contributed by atoms with van der Waals surface area (Å²) < 4.78 is 0. The van der Waals surface area contributed by atoms with E-state index in [0.29, 0.717) is 24.4 Å². The Kier molecular flexibility index (Phi) is 4.13. The number of hydrogen-bond donors (Lipinski definition) is 1. The Balaban J connectivity index is 1.62. The molecule has 1 N–H and O–H groups in total. The average molecular weight is 338 g/mol. The first-order valence-corrected chi connectivity index (χ1v) is 8.72. The minimum Gasteiger partial charge on any atom is -0.508 e. The van der Waals surface area contributed by atoms with Crippen LogP contribution in [-0.4, -0.2) is 59.0 Å². The summed E-state index contributed by atoms with van der Waals surface area (Å²) in [5.74, 6) is 0.977. The van der Waals surface area contributed by atoms with E-state index in [-0.39, 0.29) is 17.5 Å². The van der Waals surface area contributed by atoms with E-state index in [1.807, 2.05) is 12.1 Å². The van der Waals surface area contributed by atoms with Gasteiger partial charge in [0.2, 0.25) is 5.95 Å². The van der Waals surface area contributed by atoms with E-state index < -0.39 is 0 Å². The number of para-hydroxylation sites is 1. The lowest BCUT2D eigenvalue weighted by Crippen LogP contribution is -2.45. The van der Waals surface area contributed by atoms with E-state index in [1.54, 1.807) is 18.3 Å². The maximum atomic E-state index is 12.5. The number of carbonyl (C=O) groups excluding carboxylic acids is 1.